The minimum absolute atomic E-state index is 0.959. The van der Waals surface area contributed by atoms with E-state index in [9.17, 15) is 0 Å². The molecule has 0 N–H and O–H groups in total. The zero-order chi connectivity index (χ0) is 33.3. The van der Waals surface area contributed by atoms with Gasteiger partial charge in [-0.05, 0) is 79.2 Å². The van der Waals surface area contributed by atoms with Gasteiger partial charge in [0.2, 0.25) is 0 Å². The molecule has 0 unspecified atom stereocenters. The van der Waals surface area contributed by atoms with Gasteiger partial charge in [-0.2, -0.15) is 0 Å². The monoisotopic (exact) mass is 636 g/mol. The Labute approximate surface area is 292 Å². The third-order valence-electron chi connectivity index (χ3n) is 9.57. The zero-order valence-electron chi connectivity index (χ0n) is 27.4. The van der Waals surface area contributed by atoms with Crippen molar-refractivity contribution in [2.24, 2.45) is 0 Å². The molecule has 2 nitrogen and oxygen atoms in total. The van der Waals surface area contributed by atoms with Crippen LogP contribution in [-0.4, -0.2) is 9.97 Å². The van der Waals surface area contributed by atoms with E-state index in [1.54, 1.807) is 0 Å². The molecular weight excluding hydrogens is 605 g/mol. The number of rotatable bonds is 6. The van der Waals surface area contributed by atoms with Gasteiger partial charge in [0.25, 0.3) is 0 Å². The molecule has 2 heteroatoms. The summed E-state index contributed by atoms with van der Waals surface area (Å²) < 4.78 is 0. The van der Waals surface area contributed by atoms with Gasteiger partial charge in [0.1, 0.15) is 0 Å². The second-order valence-corrected chi connectivity index (χ2v) is 12.6. The van der Waals surface area contributed by atoms with Gasteiger partial charge in [-0.3, -0.25) is 9.97 Å². The number of hydrogen-bond donors (Lipinski definition) is 0. The van der Waals surface area contributed by atoms with Crippen LogP contribution in [-0.2, 0) is 0 Å². The summed E-state index contributed by atoms with van der Waals surface area (Å²) >= 11 is 0. The SMILES string of the molecule is c1ccc(-c2ccc3c(-c4ccc(-c5ccccc5)nc4)c4cc(-c5ccccc5)ccc4c(-c4ccc(-c5ccccc5)nc4)c3c2)cc1. The first kappa shape index (κ1) is 29.5. The molecule has 0 radical (unpaired) electrons. The first-order valence-electron chi connectivity index (χ1n) is 17.0. The Morgan fingerprint density at radius 3 is 0.920 bits per heavy atom. The highest BCUT2D eigenvalue weighted by Gasteiger charge is 2.19. The van der Waals surface area contributed by atoms with Crippen LogP contribution in [0.1, 0.15) is 0 Å². The van der Waals surface area contributed by atoms with Gasteiger partial charge in [-0.15, -0.1) is 0 Å². The van der Waals surface area contributed by atoms with Gasteiger partial charge in [-0.25, -0.2) is 0 Å². The molecule has 0 saturated heterocycles. The summed E-state index contributed by atoms with van der Waals surface area (Å²) in [6.07, 6.45) is 4.07. The number of hydrogen-bond acceptors (Lipinski definition) is 2. The molecule has 7 aromatic carbocycles. The molecule has 2 aromatic heterocycles. The Kier molecular flexibility index (Phi) is 7.53. The Morgan fingerprint density at radius 2 is 0.580 bits per heavy atom. The van der Waals surface area contributed by atoms with Gasteiger partial charge in [0, 0.05) is 34.6 Å². The molecule has 50 heavy (non-hydrogen) atoms. The summed E-state index contributed by atoms with van der Waals surface area (Å²) in [4.78, 5) is 9.99. The van der Waals surface area contributed by atoms with Gasteiger partial charge < -0.3 is 0 Å². The first-order chi connectivity index (χ1) is 24.8. The van der Waals surface area contributed by atoms with Gasteiger partial charge in [-0.1, -0.05) is 158 Å². The Balaban J connectivity index is 1.34. The highest BCUT2D eigenvalue weighted by atomic mass is 14.7. The van der Waals surface area contributed by atoms with Gasteiger partial charge in [0.15, 0.2) is 0 Å². The van der Waals surface area contributed by atoms with Crippen LogP contribution in [0.25, 0.3) is 88.6 Å². The topological polar surface area (TPSA) is 25.8 Å². The summed E-state index contributed by atoms with van der Waals surface area (Å²) in [5.41, 5.74) is 13.4. The Hall–Kier alpha value is -6.64. The molecule has 234 valence electrons. The number of aromatic nitrogens is 2. The Bertz CT molecular complexity index is 2390. The third-order valence-corrected chi connectivity index (χ3v) is 9.57. The second kappa shape index (κ2) is 12.8. The molecule has 0 aliphatic carbocycles. The predicted octanol–water partition coefficient (Wildman–Crippen LogP) is 12.8. The molecule has 0 saturated carbocycles. The largest absolute Gasteiger partial charge is 0.256 e. The fraction of sp³-hybridized carbons (Fsp3) is 0. The highest BCUT2D eigenvalue weighted by Crippen LogP contribution is 2.46. The maximum absolute atomic E-state index is 4.99. The van der Waals surface area contributed by atoms with E-state index in [1.807, 2.05) is 24.5 Å². The minimum atomic E-state index is 0.959. The van der Waals surface area contributed by atoms with Crippen LogP contribution >= 0.6 is 0 Å². The standard InChI is InChI=1S/C48H32N2/c1-5-13-33(14-6-1)37-21-25-41-43(29-37)47(39-23-27-45(49-31-39)35-17-9-3-10-18-35)42-26-22-38(34-15-7-2-8-16-34)30-44(42)48(41)40-24-28-46(50-32-40)36-19-11-4-12-20-36/h1-32H. The van der Waals surface area contributed by atoms with Gasteiger partial charge in [0.05, 0.1) is 11.4 Å². The van der Waals surface area contributed by atoms with Crippen LogP contribution in [0.2, 0.25) is 0 Å². The van der Waals surface area contributed by atoms with Crippen LogP contribution in [0.3, 0.4) is 0 Å². The zero-order valence-corrected chi connectivity index (χ0v) is 27.4. The summed E-state index contributed by atoms with van der Waals surface area (Å²) in [6, 6.07) is 64.5. The lowest BCUT2D eigenvalue weighted by atomic mass is 9.84. The van der Waals surface area contributed by atoms with Crippen LogP contribution in [0.4, 0.5) is 0 Å². The average Bonchev–Trinajstić information content (AvgIpc) is 3.21. The molecule has 0 aliphatic rings. The van der Waals surface area contributed by atoms with Crippen molar-refractivity contribution in [1.29, 1.82) is 0 Å². The molecule has 9 rings (SSSR count). The summed E-state index contributed by atoms with van der Waals surface area (Å²) in [5.74, 6) is 0. The lowest BCUT2D eigenvalue weighted by Gasteiger charge is -2.20. The summed E-state index contributed by atoms with van der Waals surface area (Å²) in [6.45, 7) is 0. The van der Waals surface area contributed by atoms with E-state index in [2.05, 4.69) is 170 Å². The van der Waals surface area contributed by atoms with Crippen molar-refractivity contribution in [1.82, 2.24) is 9.97 Å². The van der Waals surface area contributed by atoms with Crippen LogP contribution < -0.4 is 0 Å². The van der Waals surface area contributed by atoms with Crippen LogP contribution in [0, 0.1) is 0 Å². The molecule has 0 fully saturated rings. The van der Waals surface area contributed by atoms with Crippen molar-refractivity contribution in [3.05, 3.63) is 194 Å². The molecule has 0 atom stereocenters. The van der Waals surface area contributed by atoms with Crippen molar-refractivity contribution in [2.45, 2.75) is 0 Å². The molecule has 0 aliphatic heterocycles. The van der Waals surface area contributed by atoms with Crippen LogP contribution in [0.5, 0.6) is 0 Å². The van der Waals surface area contributed by atoms with Crippen molar-refractivity contribution in [2.75, 3.05) is 0 Å². The molecular formula is C48H32N2. The Morgan fingerprint density at radius 1 is 0.240 bits per heavy atom. The van der Waals surface area contributed by atoms with E-state index in [-0.39, 0.29) is 0 Å². The van der Waals surface area contributed by atoms with Crippen molar-refractivity contribution in [3.63, 3.8) is 0 Å². The smallest absolute Gasteiger partial charge is 0.0702 e. The highest BCUT2D eigenvalue weighted by molar-refractivity contribution is 6.22. The normalized spacial score (nSPS) is 11.2. The summed E-state index contributed by atoms with van der Waals surface area (Å²) in [7, 11) is 0. The predicted molar refractivity (Wildman–Crippen MR) is 210 cm³/mol. The number of fused-ring (bicyclic) bond motifs is 2. The van der Waals surface area contributed by atoms with Crippen molar-refractivity contribution in [3.8, 4) is 67.0 Å². The second-order valence-electron chi connectivity index (χ2n) is 12.6. The van der Waals surface area contributed by atoms with Crippen molar-refractivity contribution < 1.29 is 0 Å². The lowest BCUT2D eigenvalue weighted by Crippen LogP contribution is -1.94. The average molecular weight is 637 g/mol. The lowest BCUT2D eigenvalue weighted by molar-refractivity contribution is 1.33. The van der Waals surface area contributed by atoms with E-state index in [4.69, 9.17) is 9.97 Å². The van der Waals surface area contributed by atoms with Crippen LogP contribution in [0.15, 0.2) is 194 Å². The quantitative estimate of drug-likeness (QED) is 0.170. The van der Waals surface area contributed by atoms with Crippen molar-refractivity contribution >= 4 is 21.5 Å². The van der Waals surface area contributed by atoms with E-state index in [1.165, 1.54) is 54.9 Å². The minimum Gasteiger partial charge on any atom is -0.256 e. The van der Waals surface area contributed by atoms with E-state index >= 15 is 0 Å². The van der Waals surface area contributed by atoms with E-state index in [0.717, 1.165) is 33.6 Å². The van der Waals surface area contributed by atoms with E-state index < -0.39 is 0 Å². The maximum Gasteiger partial charge on any atom is 0.0702 e. The summed E-state index contributed by atoms with van der Waals surface area (Å²) in [5, 5.41) is 4.73. The maximum atomic E-state index is 4.99. The van der Waals surface area contributed by atoms with Gasteiger partial charge >= 0.3 is 0 Å². The molecule has 0 bridgehead atoms. The third kappa shape index (κ3) is 5.43. The first-order valence-corrected chi connectivity index (χ1v) is 17.0. The number of pyridine rings is 2. The fourth-order valence-corrected chi connectivity index (χ4v) is 7.11. The molecule has 2 heterocycles. The molecule has 0 spiro atoms. The number of benzene rings is 7. The number of nitrogens with zero attached hydrogens (tertiary/aromatic N) is 2. The fourth-order valence-electron chi connectivity index (χ4n) is 7.11. The van der Waals surface area contributed by atoms with E-state index in [0.29, 0.717) is 0 Å². The molecule has 9 aromatic rings. The molecule has 0 amide bonds.